The van der Waals surface area contributed by atoms with Crippen molar-refractivity contribution in [1.82, 2.24) is 0 Å². The van der Waals surface area contributed by atoms with Crippen LogP contribution in [-0.4, -0.2) is 51.4 Å². The highest BCUT2D eigenvalue weighted by Crippen LogP contribution is 2.44. The van der Waals surface area contributed by atoms with Crippen molar-refractivity contribution >= 4 is 17.9 Å². The van der Waals surface area contributed by atoms with Gasteiger partial charge < -0.3 is 18.9 Å². The zero-order chi connectivity index (χ0) is 19.9. The molecule has 1 atom stereocenters. The van der Waals surface area contributed by atoms with Crippen LogP contribution in [0.3, 0.4) is 0 Å². The van der Waals surface area contributed by atoms with Crippen molar-refractivity contribution < 1.29 is 33.3 Å². The summed E-state index contributed by atoms with van der Waals surface area (Å²) in [4.78, 5) is 37.4. The second kappa shape index (κ2) is 9.32. The summed E-state index contributed by atoms with van der Waals surface area (Å²) in [6, 6.07) is 9.61. The number of rotatable bonds is 7. The summed E-state index contributed by atoms with van der Waals surface area (Å²) in [6.45, 7) is 1.77. The van der Waals surface area contributed by atoms with Crippen molar-refractivity contribution in [3.05, 3.63) is 47.5 Å². The Labute approximate surface area is 158 Å². The van der Waals surface area contributed by atoms with Crippen molar-refractivity contribution in [2.45, 2.75) is 25.9 Å². The minimum atomic E-state index is -1.83. The lowest BCUT2D eigenvalue weighted by Crippen LogP contribution is -2.49. The molecule has 1 saturated heterocycles. The maximum Gasteiger partial charge on any atom is 0.330 e. The summed E-state index contributed by atoms with van der Waals surface area (Å²) in [5.74, 6) is -2.29. The van der Waals surface area contributed by atoms with Gasteiger partial charge in [-0.1, -0.05) is 30.3 Å². The van der Waals surface area contributed by atoms with Crippen LogP contribution < -0.4 is 0 Å². The first-order valence-corrected chi connectivity index (χ1v) is 8.70. The van der Waals surface area contributed by atoms with E-state index in [4.69, 9.17) is 18.9 Å². The molecule has 0 amide bonds. The summed E-state index contributed by atoms with van der Waals surface area (Å²) >= 11 is 0. The number of carbonyl (C=O) groups excluding carboxylic acids is 3. The van der Waals surface area contributed by atoms with Gasteiger partial charge in [-0.2, -0.15) is 0 Å². The molecule has 7 heteroatoms. The van der Waals surface area contributed by atoms with Gasteiger partial charge in [-0.3, -0.25) is 9.59 Å². The van der Waals surface area contributed by atoms with Crippen LogP contribution >= 0.6 is 0 Å². The Bertz CT molecular complexity index is 692. The van der Waals surface area contributed by atoms with Gasteiger partial charge in [0.15, 0.2) is 0 Å². The van der Waals surface area contributed by atoms with Crippen molar-refractivity contribution in [3.8, 4) is 0 Å². The second-order valence-electron chi connectivity index (χ2n) is 6.04. The second-order valence-corrected chi connectivity index (χ2v) is 6.04. The molecule has 1 aromatic rings. The topological polar surface area (TPSA) is 88.1 Å². The van der Waals surface area contributed by atoms with Crippen LogP contribution in [0.2, 0.25) is 0 Å². The normalized spacial score (nSPS) is 19.5. The third kappa shape index (κ3) is 4.19. The van der Waals surface area contributed by atoms with Gasteiger partial charge in [-0.25, -0.2) is 4.79 Å². The first kappa shape index (κ1) is 20.6. The van der Waals surface area contributed by atoms with E-state index in [-0.39, 0.29) is 18.8 Å². The van der Waals surface area contributed by atoms with E-state index in [1.165, 1.54) is 14.2 Å². The van der Waals surface area contributed by atoms with Crippen molar-refractivity contribution in [1.29, 1.82) is 0 Å². The number of hydrogen-bond donors (Lipinski definition) is 0. The quantitative estimate of drug-likeness (QED) is 0.310. The molecule has 0 aliphatic carbocycles. The van der Waals surface area contributed by atoms with Gasteiger partial charge in [0.1, 0.15) is 0 Å². The lowest BCUT2D eigenvalue weighted by molar-refractivity contribution is -0.170. The van der Waals surface area contributed by atoms with E-state index in [0.29, 0.717) is 12.8 Å². The molecule has 2 rings (SSSR count). The Balaban J connectivity index is 2.40. The van der Waals surface area contributed by atoms with E-state index in [2.05, 4.69) is 0 Å². The minimum Gasteiger partial charge on any atom is -0.468 e. The van der Waals surface area contributed by atoms with Crippen LogP contribution in [0.1, 0.15) is 18.9 Å². The SMILES string of the molecule is CCOC(=O)/C=C1\CO[C@@H](CCc2ccccc2)C1(C(=O)OC)C(=O)OC. The fourth-order valence-corrected chi connectivity index (χ4v) is 3.29. The highest BCUT2D eigenvalue weighted by molar-refractivity contribution is 6.06. The standard InChI is InChI=1S/C20H24O7/c1-4-26-17(21)12-15-13-27-16(11-10-14-8-6-5-7-9-14)20(15,18(22)24-2)19(23)25-3/h5-9,12,16H,4,10-11,13H2,1-3H3/b15-12+/t16-/m0/s1. The molecule has 0 aromatic heterocycles. The number of ether oxygens (including phenoxy) is 4. The molecule has 1 aliphatic rings. The van der Waals surface area contributed by atoms with Gasteiger partial charge in [0.2, 0.25) is 5.41 Å². The molecule has 0 unspecified atom stereocenters. The lowest BCUT2D eigenvalue weighted by Gasteiger charge is -2.29. The Morgan fingerprint density at radius 2 is 1.78 bits per heavy atom. The number of carbonyl (C=O) groups is 3. The molecule has 0 radical (unpaired) electrons. The summed E-state index contributed by atoms with van der Waals surface area (Å²) in [5, 5.41) is 0. The average molecular weight is 376 g/mol. The maximum absolute atomic E-state index is 12.7. The molecule has 0 bridgehead atoms. The number of hydrogen-bond acceptors (Lipinski definition) is 7. The summed E-state index contributed by atoms with van der Waals surface area (Å²) < 4.78 is 20.5. The number of methoxy groups -OCH3 is 2. The number of benzene rings is 1. The maximum atomic E-state index is 12.7. The lowest BCUT2D eigenvalue weighted by atomic mass is 9.75. The first-order valence-electron chi connectivity index (χ1n) is 8.70. The molecule has 146 valence electrons. The van der Waals surface area contributed by atoms with E-state index in [0.717, 1.165) is 11.6 Å². The average Bonchev–Trinajstić information content (AvgIpc) is 3.04. The number of aryl methyl sites for hydroxylation is 1. The van der Waals surface area contributed by atoms with Crippen LogP contribution in [0.15, 0.2) is 42.0 Å². The molecule has 1 fully saturated rings. The zero-order valence-corrected chi connectivity index (χ0v) is 15.7. The van der Waals surface area contributed by atoms with Crippen molar-refractivity contribution in [2.75, 3.05) is 27.4 Å². The molecule has 7 nitrogen and oxygen atoms in total. The summed E-state index contributed by atoms with van der Waals surface area (Å²) in [7, 11) is 2.36. The van der Waals surface area contributed by atoms with Crippen LogP contribution in [0.4, 0.5) is 0 Å². The van der Waals surface area contributed by atoms with Crippen LogP contribution in [0, 0.1) is 5.41 Å². The first-order chi connectivity index (χ1) is 13.0. The molecule has 0 saturated carbocycles. The minimum absolute atomic E-state index is 0.0670. The van der Waals surface area contributed by atoms with Gasteiger partial charge >= 0.3 is 17.9 Å². The third-order valence-corrected chi connectivity index (χ3v) is 4.56. The molecule has 1 aromatic carbocycles. The van der Waals surface area contributed by atoms with E-state index in [9.17, 15) is 14.4 Å². The van der Waals surface area contributed by atoms with E-state index in [1.807, 2.05) is 30.3 Å². The zero-order valence-electron chi connectivity index (χ0n) is 15.7. The van der Waals surface area contributed by atoms with Gasteiger partial charge in [0.25, 0.3) is 0 Å². The summed E-state index contributed by atoms with van der Waals surface area (Å²) in [5.41, 5.74) is -0.615. The molecule has 1 heterocycles. The van der Waals surface area contributed by atoms with Crippen LogP contribution in [0.5, 0.6) is 0 Å². The molecular formula is C20H24O7. The van der Waals surface area contributed by atoms with Gasteiger partial charge in [-0.05, 0) is 30.9 Å². The summed E-state index contributed by atoms with van der Waals surface area (Å²) in [6.07, 6.45) is 1.25. The molecular weight excluding hydrogens is 352 g/mol. The van der Waals surface area contributed by atoms with E-state index < -0.39 is 29.4 Å². The van der Waals surface area contributed by atoms with Gasteiger partial charge in [0, 0.05) is 6.08 Å². The fraction of sp³-hybridized carbons (Fsp3) is 0.450. The van der Waals surface area contributed by atoms with Crippen LogP contribution in [-0.2, 0) is 39.8 Å². The number of esters is 3. The molecule has 27 heavy (non-hydrogen) atoms. The highest BCUT2D eigenvalue weighted by Gasteiger charge is 2.61. The molecule has 1 aliphatic heterocycles. The fourth-order valence-electron chi connectivity index (χ4n) is 3.29. The Morgan fingerprint density at radius 3 is 2.33 bits per heavy atom. The van der Waals surface area contributed by atoms with E-state index >= 15 is 0 Å². The molecule has 0 spiro atoms. The van der Waals surface area contributed by atoms with Crippen molar-refractivity contribution in [3.63, 3.8) is 0 Å². The predicted octanol–water partition coefficient (Wildman–Crippen LogP) is 1.84. The predicted molar refractivity (Wildman–Crippen MR) is 95.7 cm³/mol. The monoisotopic (exact) mass is 376 g/mol. The van der Waals surface area contributed by atoms with E-state index in [1.54, 1.807) is 6.92 Å². The van der Waals surface area contributed by atoms with Crippen LogP contribution in [0.25, 0.3) is 0 Å². The molecule has 0 N–H and O–H groups in total. The Hall–Kier alpha value is -2.67. The largest absolute Gasteiger partial charge is 0.468 e. The van der Waals surface area contributed by atoms with Crippen molar-refractivity contribution in [2.24, 2.45) is 5.41 Å². The van der Waals surface area contributed by atoms with Gasteiger partial charge in [0.05, 0.1) is 33.5 Å². The Morgan fingerprint density at radius 1 is 1.15 bits per heavy atom. The Kier molecular flexibility index (Phi) is 7.12. The van der Waals surface area contributed by atoms with Gasteiger partial charge in [-0.15, -0.1) is 0 Å². The highest BCUT2D eigenvalue weighted by atomic mass is 16.6. The smallest absolute Gasteiger partial charge is 0.330 e. The third-order valence-electron chi connectivity index (χ3n) is 4.56.